The van der Waals surface area contributed by atoms with Gasteiger partial charge in [0.15, 0.2) is 0 Å². The third-order valence-corrected chi connectivity index (χ3v) is 2.44. The van der Waals surface area contributed by atoms with Gasteiger partial charge < -0.3 is 15.6 Å². The molecule has 5 nitrogen and oxygen atoms in total. The van der Waals surface area contributed by atoms with Crippen LogP contribution in [0.25, 0.3) is 0 Å². The van der Waals surface area contributed by atoms with Crippen LogP contribution in [0.4, 0.5) is 5.69 Å². The van der Waals surface area contributed by atoms with Crippen LogP contribution >= 0.6 is 0 Å². The van der Waals surface area contributed by atoms with Crippen molar-refractivity contribution in [1.82, 2.24) is 4.57 Å². The molecule has 0 aliphatic carbocycles. The maximum absolute atomic E-state index is 11.7. The van der Waals surface area contributed by atoms with Gasteiger partial charge in [-0.1, -0.05) is 13.8 Å². The quantitative estimate of drug-likeness (QED) is 0.809. The zero-order valence-electron chi connectivity index (χ0n) is 10.4. The first kappa shape index (κ1) is 13.4. The van der Waals surface area contributed by atoms with Gasteiger partial charge in [0, 0.05) is 13.2 Å². The summed E-state index contributed by atoms with van der Waals surface area (Å²) < 4.78 is 1.41. The SMILES string of the molecule is CC(C)C[C@H](N)C(=O)Nc1cccn(C)c1=O. The number of nitrogens with two attached hydrogens (primary N) is 1. The fourth-order valence-corrected chi connectivity index (χ4v) is 1.53. The van der Waals surface area contributed by atoms with Crippen molar-refractivity contribution < 1.29 is 4.79 Å². The molecule has 0 bridgehead atoms. The highest BCUT2D eigenvalue weighted by Gasteiger charge is 2.16. The Bertz CT molecular complexity index is 451. The molecule has 1 aromatic rings. The minimum atomic E-state index is -0.583. The molecule has 0 fully saturated rings. The molecule has 0 saturated heterocycles. The Morgan fingerprint density at radius 3 is 2.76 bits per heavy atom. The van der Waals surface area contributed by atoms with Gasteiger partial charge in [0.1, 0.15) is 5.69 Å². The Labute approximate surface area is 101 Å². The zero-order chi connectivity index (χ0) is 13.0. The molecule has 1 aromatic heterocycles. The smallest absolute Gasteiger partial charge is 0.274 e. The van der Waals surface area contributed by atoms with Crippen molar-refractivity contribution >= 4 is 11.6 Å². The molecule has 0 spiro atoms. The summed E-state index contributed by atoms with van der Waals surface area (Å²) in [7, 11) is 1.63. The molecule has 0 unspecified atom stereocenters. The van der Waals surface area contributed by atoms with Crippen molar-refractivity contribution in [2.75, 3.05) is 5.32 Å². The van der Waals surface area contributed by atoms with Gasteiger partial charge in [0.25, 0.3) is 5.56 Å². The Morgan fingerprint density at radius 1 is 1.53 bits per heavy atom. The predicted molar refractivity (Wildman–Crippen MR) is 67.7 cm³/mol. The van der Waals surface area contributed by atoms with Crippen molar-refractivity contribution in [1.29, 1.82) is 0 Å². The average molecular weight is 237 g/mol. The van der Waals surface area contributed by atoms with Crippen molar-refractivity contribution in [3.05, 3.63) is 28.7 Å². The molecule has 5 heteroatoms. The molecule has 0 aliphatic rings. The van der Waals surface area contributed by atoms with Crippen LogP contribution in [0.5, 0.6) is 0 Å². The number of aromatic nitrogens is 1. The van der Waals surface area contributed by atoms with Crippen LogP contribution in [0.1, 0.15) is 20.3 Å². The Morgan fingerprint density at radius 2 is 2.18 bits per heavy atom. The fraction of sp³-hybridized carbons (Fsp3) is 0.500. The van der Waals surface area contributed by atoms with E-state index in [-0.39, 0.29) is 17.2 Å². The topological polar surface area (TPSA) is 77.1 Å². The molecular formula is C12H19N3O2. The molecule has 0 saturated carbocycles. The molecule has 1 atom stereocenters. The molecule has 1 heterocycles. The molecule has 0 aromatic carbocycles. The maximum Gasteiger partial charge on any atom is 0.274 e. The second-order valence-electron chi connectivity index (χ2n) is 4.56. The zero-order valence-corrected chi connectivity index (χ0v) is 10.4. The van der Waals surface area contributed by atoms with E-state index in [1.165, 1.54) is 4.57 Å². The second kappa shape index (κ2) is 5.63. The highest BCUT2D eigenvalue weighted by molar-refractivity contribution is 5.94. The molecule has 17 heavy (non-hydrogen) atoms. The number of nitrogens with one attached hydrogen (secondary N) is 1. The first-order chi connectivity index (χ1) is 7.91. The molecule has 3 N–H and O–H groups in total. The van der Waals surface area contributed by atoms with Crippen LogP contribution in [-0.4, -0.2) is 16.5 Å². The lowest BCUT2D eigenvalue weighted by Crippen LogP contribution is -2.38. The van der Waals surface area contributed by atoms with Gasteiger partial charge in [-0.25, -0.2) is 0 Å². The van der Waals surface area contributed by atoms with Gasteiger partial charge in [-0.3, -0.25) is 9.59 Å². The van der Waals surface area contributed by atoms with E-state index in [0.29, 0.717) is 12.3 Å². The normalized spacial score (nSPS) is 12.5. The summed E-state index contributed by atoms with van der Waals surface area (Å²) in [5, 5.41) is 2.56. The minimum Gasteiger partial charge on any atom is -0.320 e. The lowest BCUT2D eigenvalue weighted by molar-refractivity contribution is -0.117. The molecule has 0 radical (unpaired) electrons. The number of carbonyl (C=O) groups excluding carboxylic acids is 1. The van der Waals surface area contributed by atoms with Gasteiger partial charge in [-0.15, -0.1) is 0 Å². The van der Waals surface area contributed by atoms with Gasteiger partial charge in [-0.2, -0.15) is 0 Å². The number of anilines is 1. The molecular weight excluding hydrogens is 218 g/mol. The third kappa shape index (κ3) is 3.71. The summed E-state index contributed by atoms with van der Waals surface area (Å²) in [4.78, 5) is 23.4. The second-order valence-corrected chi connectivity index (χ2v) is 4.56. The van der Waals surface area contributed by atoms with Crippen molar-refractivity contribution in [2.24, 2.45) is 18.7 Å². The molecule has 0 aliphatic heterocycles. The number of pyridine rings is 1. The Balaban J connectivity index is 2.75. The van der Waals surface area contributed by atoms with Crippen LogP contribution in [0.3, 0.4) is 0 Å². The Kier molecular flexibility index (Phi) is 4.45. The first-order valence-corrected chi connectivity index (χ1v) is 5.64. The minimum absolute atomic E-state index is 0.238. The monoisotopic (exact) mass is 237 g/mol. The highest BCUT2D eigenvalue weighted by atomic mass is 16.2. The van der Waals surface area contributed by atoms with E-state index < -0.39 is 6.04 Å². The molecule has 1 rings (SSSR count). The van der Waals surface area contributed by atoms with Gasteiger partial charge >= 0.3 is 0 Å². The number of amides is 1. The van der Waals surface area contributed by atoms with Crippen LogP contribution in [0, 0.1) is 5.92 Å². The number of hydrogen-bond acceptors (Lipinski definition) is 3. The van der Waals surface area contributed by atoms with Crippen LogP contribution in [0.15, 0.2) is 23.1 Å². The predicted octanol–water partition coefficient (Wildman–Crippen LogP) is 0.697. The van der Waals surface area contributed by atoms with E-state index in [4.69, 9.17) is 5.73 Å². The van der Waals surface area contributed by atoms with E-state index in [0.717, 1.165) is 0 Å². The summed E-state index contributed by atoms with van der Waals surface area (Å²) in [5.41, 5.74) is 5.76. The van der Waals surface area contributed by atoms with E-state index in [1.54, 1.807) is 25.4 Å². The first-order valence-electron chi connectivity index (χ1n) is 5.64. The van der Waals surface area contributed by atoms with Gasteiger partial charge in [0.2, 0.25) is 5.91 Å². The van der Waals surface area contributed by atoms with Gasteiger partial charge in [0.05, 0.1) is 6.04 Å². The van der Waals surface area contributed by atoms with E-state index in [9.17, 15) is 9.59 Å². The van der Waals surface area contributed by atoms with Crippen molar-refractivity contribution in [3.8, 4) is 0 Å². The summed E-state index contributed by atoms with van der Waals surface area (Å²) in [6, 6.07) is 2.69. The Hall–Kier alpha value is -1.62. The molecule has 94 valence electrons. The lowest BCUT2D eigenvalue weighted by Gasteiger charge is -2.14. The van der Waals surface area contributed by atoms with Crippen LogP contribution in [0.2, 0.25) is 0 Å². The number of aryl methyl sites for hydroxylation is 1. The number of hydrogen-bond donors (Lipinski definition) is 2. The third-order valence-electron chi connectivity index (χ3n) is 2.44. The van der Waals surface area contributed by atoms with Crippen LogP contribution in [-0.2, 0) is 11.8 Å². The van der Waals surface area contributed by atoms with E-state index in [1.807, 2.05) is 13.8 Å². The maximum atomic E-state index is 11.7. The standard InChI is InChI=1S/C12H19N3O2/c1-8(2)7-9(13)11(16)14-10-5-4-6-15(3)12(10)17/h4-6,8-9H,7,13H2,1-3H3,(H,14,16)/t9-/m0/s1. The fourth-order valence-electron chi connectivity index (χ4n) is 1.53. The largest absolute Gasteiger partial charge is 0.320 e. The number of rotatable bonds is 4. The van der Waals surface area contributed by atoms with E-state index in [2.05, 4.69) is 5.32 Å². The van der Waals surface area contributed by atoms with Crippen LogP contribution < -0.4 is 16.6 Å². The van der Waals surface area contributed by atoms with Gasteiger partial charge in [-0.05, 0) is 24.5 Å². The average Bonchev–Trinajstić information content (AvgIpc) is 2.23. The van der Waals surface area contributed by atoms with E-state index >= 15 is 0 Å². The summed E-state index contributed by atoms with van der Waals surface area (Å²) >= 11 is 0. The number of nitrogens with zero attached hydrogens (tertiary/aromatic N) is 1. The lowest BCUT2D eigenvalue weighted by atomic mass is 10.0. The summed E-state index contributed by atoms with van der Waals surface area (Å²) in [5.74, 6) is 0.0244. The molecule has 1 amide bonds. The van der Waals surface area contributed by atoms with Crippen molar-refractivity contribution in [3.63, 3.8) is 0 Å². The summed E-state index contributed by atoms with van der Waals surface area (Å²) in [6.07, 6.45) is 2.23. The summed E-state index contributed by atoms with van der Waals surface area (Å²) in [6.45, 7) is 3.99. The number of carbonyl (C=O) groups is 1. The van der Waals surface area contributed by atoms with Crippen molar-refractivity contribution in [2.45, 2.75) is 26.3 Å². The highest BCUT2D eigenvalue weighted by Crippen LogP contribution is 2.05.